The predicted octanol–water partition coefficient (Wildman–Crippen LogP) is 2.55. The van der Waals surface area contributed by atoms with E-state index in [1.165, 1.54) is 24.3 Å². The Hall–Kier alpha value is -2.11. The standard InChI is InChI=1S/C18H22FNO4/c1-18(2,24-13-7-5-12(19)6-8-13)17(23)20-9-14(11-3-4-11)15(10-20)16(21)22/h5-8,11,14-15H,3-4,9-10H2,1-2H3,(H,21,22)/t14-,15+/m1/s1. The molecule has 1 amide bonds. The third kappa shape index (κ3) is 3.37. The van der Waals surface area contributed by atoms with Crippen molar-refractivity contribution in [2.75, 3.05) is 13.1 Å². The minimum atomic E-state index is -1.14. The molecule has 6 heteroatoms. The molecule has 0 unspecified atom stereocenters. The molecule has 1 aromatic rings. The van der Waals surface area contributed by atoms with Gasteiger partial charge in [-0.25, -0.2) is 4.39 Å². The maximum Gasteiger partial charge on any atom is 0.308 e. The van der Waals surface area contributed by atoms with Crippen LogP contribution >= 0.6 is 0 Å². The lowest BCUT2D eigenvalue weighted by molar-refractivity contribution is -0.145. The Balaban J connectivity index is 1.70. The molecule has 24 heavy (non-hydrogen) atoms. The highest BCUT2D eigenvalue weighted by Crippen LogP contribution is 2.44. The first-order chi connectivity index (χ1) is 11.3. The van der Waals surface area contributed by atoms with Gasteiger partial charge in [0.1, 0.15) is 11.6 Å². The number of ether oxygens (including phenoxy) is 1. The fraction of sp³-hybridized carbons (Fsp3) is 0.556. The summed E-state index contributed by atoms with van der Waals surface area (Å²) in [6.07, 6.45) is 2.10. The predicted molar refractivity (Wildman–Crippen MR) is 85.0 cm³/mol. The number of halogens is 1. The Morgan fingerprint density at radius 2 is 1.83 bits per heavy atom. The monoisotopic (exact) mass is 335 g/mol. The molecule has 1 N–H and O–H groups in total. The first-order valence-corrected chi connectivity index (χ1v) is 8.24. The van der Waals surface area contributed by atoms with Crippen LogP contribution in [0.5, 0.6) is 5.75 Å². The van der Waals surface area contributed by atoms with Crippen molar-refractivity contribution in [2.45, 2.75) is 32.3 Å². The molecule has 1 aliphatic heterocycles. The number of nitrogens with zero attached hydrogens (tertiary/aromatic N) is 1. The molecule has 3 rings (SSSR count). The zero-order chi connectivity index (χ0) is 17.5. The van der Waals surface area contributed by atoms with Gasteiger partial charge in [-0.1, -0.05) is 0 Å². The molecule has 0 radical (unpaired) electrons. The third-order valence-electron chi connectivity index (χ3n) is 4.90. The second-order valence-corrected chi connectivity index (χ2v) is 7.22. The van der Waals surface area contributed by atoms with Crippen LogP contribution in [0.3, 0.4) is 0 Å². The fourth-order valence-electron chi connectivity index (χ4n) is 3.48. The van der Waals surface area contributed by atoms with E-state index in [2.05, 4.69) is 0 Å². The van der Waals surface area contributed by atoms with Gasteiger partial charge in [0.05, 0.1) is 5.92 Å². The van der Waals surface area contributed by atoms with Gasteiger partial charge in [-0.05, 0) is 62.8 Å². The molecule has 1 heterocycles. The van der Waals surface area contributed by atoms with Gasteiger partial charge in [0, 0.05) is 13.1 Å². The number of carboxylic acid groups (broad SMARTS) is 1. The summed E-state index contributed by atoms with van der Waals surface area (Å²) in [5.74, 6) is -1.08. The summed E-state index contributed by atoms with van der Waals surface area (Å²) in [5.41, 5.74) is -1.14. The second kappa shape index (κ2) is 6.07. The van der Waals surface area contributed by atoms with E-state index in [-0.39, 0.29) is 24.2 Å². The quantitative estimate of drug-likeness (QED) is 0.898. The van der Waals surface area contributed by atoms with E-state index in [1.807, 2.05) is 0 Å². The van der Waals surface area contributed by atoms with Gasteiger partial charge in [-0.3, -0.25) is 9.59 Å². The topological polar surface area (TPSA) is 66.8 Å². The maximum absolute atomic E-state index is 13.0. The number of aliphatic carboxylic acids is 1. The summed E-state index contributed by atoms with van der Waals surface area (Å²) in [6.45, 7) is 4.00. The first kappa shape index (κ1) is 16.7. The second-order valence-electron chi connectivity index (χ2n) is 7.22. The van der Waals surface area contributed by atoms with Crippen LogP contribution in [-0.2, 0) is 9.59 Å². The van der Waals surface area contributed by atoms with Crippen LogP contribution in [0.4, 0.5) is 4.39 Å². The third-order valence-corrected chi connectivity index (χ3v) is 4.90. The molecule has 2 fully saturated rings. The van der Waals surface area contributed by atoms with Gasteiger partial charge in [-0.15, -0.1) is 0 Å². The fourth-order valence-corrected chi connectivity index (χ4v) is 3.48. The van der Waals surface area contributed by atoms with Crippen LogP contribution in [0.15, 0.2) is 24.3 Å². The zero-order valence-corrected chi connectivity index (χ0v) is 13.9. The Morgan fingerprint density at radius 3 is 2.38 bits per heavy atom. The van der Waals surface area contributed by atoms with E-state index >= 15 is 0 Å². The maximum atomic E-state index is 13.0. The van der Waals surface area contributed by atoms with Crippen molar-refractivity contribution in [3.8, 4) is 5.75 Å². The Bertz CT molecular complexity index is 639. The van der Waals surface area contributed by atoms with E-state index in [0.717, 1.165) is 12.8 Å². The molecule has 2 atom stereocenters. The molecular weight excluding hydrogens is 313 g/mol. The van der Waals surface area contributed by atoms with Crippen LogP contribution in [0.2, 0.25) is 0 Å². The lowest BCUT2D eigenvalue weighted by Crippen LogP contribution is -2.48. The van der Waals surface area contributed by atoms with Crippen molar-refractivity contribution >= 4 is 11.9 Å². The summed E-state index contributed by atoms with van der Waals surface area (Å²) < 4.78 is 18.7. The smallest absolute Gasteiger partial charge is 0.308 e. The van der Waals surface area contributed by atoms with Crippen molar-refractivity contribution in [3.63, 3.8) is 0 Å². The van der Waals surface area contributed by atoms with E-state index in [4.69, 9.17) is 4.74 Å². The summed E-state index contributed by atoms with van der Waals surface area (Å²) >= 11 is 0. The largest absolute Gasteiger partial charge is 0.481 e. The first-order valence-electron chi connectivity index (χ1n) is 8.24. The minimum Gasteiger partial charge on any atom is -0.481 e. The van der Waals surface area contributed by atoms with Gasteiger partial charge < -0.3 is 14.7 Å². The molecule has 1 aliphatic carbocycles. The molecule has 1 aromatic carbocycles. The van der Waals surface area contributed by atoms with Crippen LogP contribution in [0.1, 0.15) is 26.7 Å². The van der Waals surface area contributed by atoms with Gasteiger partial charge in [0.2, 0.25) is 0 Å². The van der Waals surface area contributed by atoms with E-state index in [1.54, 1.807) is 18.7 Å². The summed E-state index contributed by atoms with van der Waals surface area (Å²) in [5, 5.41) is 9.42. The number of hydrogen-bond donors (Lipinski definition) is 1. The Morgan fingerprint density at radius 1 is 1.21 bits per heavy atom. The molecule has 0 aromatic heterocycles. The summed E-state index contributed by atoms with van der Waals surface area (Å²) in [4.78, 5) is 25.9. The molecule has 1 saturated heterocycles. The minimum absolute atomic E-state index is 0.0353. The number of likely N-dealkylation sites (tertiary alicyclic amines) is 1. The number of hydrogen-bond acceptors (Lipinski definition) is 3. The molecule has 0 bridgehead atoms. The number of rotatable bonds is 5. The molecule has 0 spiro atoms. The average Bonchev–Trinajstić information content (AvgIpc) is 3.27. The Labute approximate surface area is 140 Å². The summed E-state index contributed by atoms with van der Waals surface area (Å²) in [7, 11) is 0. The van der Waals surface area contributed by atoms with Gasteiger partial charge in [0.25, 0.3) is 5.91 Å². The molecule has 5 nitrogen and oxygen atoms in total. The molecule has 2 aliphatic rings. The van der Waals surface area contributed by atoms with Crippen LogP contribution in [0, 0.1) is 23.6 Å². The number of carboxylic acids is 1. The SMILES string of the molecule is CC(C)(Oc1ccc(F)cc1)C(=O)N1C[C@H](C(=O)O)[C@@H](C2CC2)C1. The van der Waals surface area contributed by atoms with E-state index in [9.17, 15) is 19.1 Å². The van der Waals surface area contributed by atoms with Crippen LogP contribution in [0.25, 0.3) is 0 Å². The molecule has 1 saturated carbocycles. The average molecular weight is 335 g/mol. The van der Waals surface area contributed by atoms with Crippen molar-refractivity contribution in [2.24, 2.45) is 17.8 Å². The van der Waals surface area contributed by atoms with Gasteiger partial charge >= 0.3 is 5.97 Å². The van der Waals surface area contributed by atoms with Crippen molar-refractivity contribution in [3.05, 3.63) is 30.1 Å². The molecular formula is C18H22FNO4. The van der Waals surface area contributed by atoms with Crippen LogP contribution < -0.4 is 4.74 Å². The van der Waals surface area contributed by atoms with E-state index in [0.29, 0.717) is 18.2 Å². The summed E-state index contributed by atoms with van der Waals surface area (Å²) in [6, 6.07) is 5.49. The number of carbonyl (C=O) groups is 2. The highest BCUT2D eigenvalue weighted by molar-refractivity contribution is 5.86. The van der Waals surface area contributed by atoms with Crippen molar-refractivity contribution < 1.29 is 23.8 Å². The zero-order valence-electron chi connectivity index (χ0n) is 13.9. The lowest BCUT2D eigenvalue weighted by Gasteiger charge is -2.30. The van der Waals surface area contributed by atoms with Gasteiger partial charge in [0.15, 0.2) is 5.60 Å². The highest BCUT2D eigenvalue weighted by atomic mass is 19.1. The van der Waals surface area contributed by atoms with Crippen LogP contribution in [-0.4, -0.2) is 40.6 Å². The van der Waals surface area contributed by atoms with Crippen molar-refractivity contribution in [1.82, 2.24) is 4.90 Å². The number of amides is 1. The molecule has 130 valence electrons. The highest BCUT2D eigenvalue weighted by Gasteiger charge is 2.49. The van der Waals surface area contributed by atoms with Gasteiger partial charge in [-0.2, -0.15) is 0 Å². The normalized spacial score (nSPS) is 24.0. The van der Waals surface area contributed by atoms with Crippen molar-refractivity contribution in [1.29, 1.82) is 0 Å². The Kier molecular flexibility index (Phi) is 4.24. The number of carbonyl (C=O) groups excluding carboxylic acids is 1. The lowest BCUT2D eigenvalue weighted by atomic mass is 9.92. The van der Waals surface area contributed by atoms with E-state index < -0.39 is 17.5 Å². The number of benzene rings is 1.